The first-order chi connectivity index (χ1) is 9.74. The third kappa shape index (κ3) is 2.81. The Morgan fingerprint density at radius 3 is 2.65 bits per heavy atom. The molecule has 3 aromatic rings. The number of hydrogen-bond donors (Lipinski definition) is 1. The van der Waals surface area contributed by atoms with Gasteiger partial charge >= 0.3 is 0 Å². The molecule has 5 heteroatoms. The van der Waals surface area contributed by atoms with E-state index in [1.807, 2.05) is 59.3 Å². The summed E-state index contributed by atoms with van der Waals surface area (Å²) in [5.74, 6) is 0.774. The average molecular weight is 396 g/mol. The Morgan fingerprint density at radius 1 is 1.10 bits per heavy atom. The molecule has 0 radical (unpaired) electrons. The molecule has 0 fully saturated rings. The van der Waals surface area contributed by atoms with E-state index in [1.54, 1.807) is 6.20 Å². The first kappa shape index (κ1) is 13.5. The number of anilines is 2. The summed E-state index contributed by atoms with van der Waals surface area (Å²) >= 11 is 8.23. The fourth-order valence-corrected chi connectivity index (χ4v) is 2.91. The van der Waals surface area contributed by atoms with E-state index in [-0.39, 0.29) is 0 Å². The van der Waals surface area contributed by atoms with Gasteiger partial charge in [-0.25, -0.2) is 4.98 Å². The molecule has 0 unspecified atom stereocenters. The summed E-state index contributed by atoms with van der Waals surface area (Å²) in [6.07, 6.45) is 3.71. The highest BCUT2D eigenvalue weighted by Crippen LogP contribution is 2.26. The van der Waals surface area contributed by atoms with Crippen LogP contribution in [-0.2, 0) is 0 Å². The Balaban J connectivity index is 1.95. The van der Waals surface area contributed by atoms with Gasteiger partial charge in [0.25, 0.3) is 0 Å². The molecule has 0 spiro atoms. The van der Waals surface area contributed by atoms with Crippen molar-refractivity contribution in [2.45, 2.75) is 0 Å². The molecule has 100 valence electrons. The Hall–Kier alpha value is -1.53. The summed E-state index contributed by atoms with van der Waals surface area (Å²) in [5, 5.41) is 4.06. The summed E-state index contributed by atoms with van der Waals surface area (Å²) in [6.45, 7) is 0. The zero-order valence-electron chi connectivity index (χ0n) is 10.4. The van der Waals surface area contributed by atoms with Crippen molar-refractivity contribution in [3.05, 3.63) is 69.5 Å². The van der Waals surface area contributed by atoms with Gasteiger partial charge in [0.2, 0.25) is 5.95 Å². The molecule has 1 heterocycles. The molecule has 1 N–H and O–H groups in total. The number of nitrogens with one attached hydrogen (secondary N) is 1. The molecular formula is C15H11ClIN3. The van der Waals surface area contributed by atoms with Crippen LogP contribution < -0.4 is 5.32 Å². The van der Waals surface area contributed by atoms with Gasteiger partial charge in [-0.3, -0.25) is 4.57 Å². The van der Waals surface area contributed by atoms with Crippen molar-refractivity contribution in [1.29, 1.82) is 0 Å². The fraction of sp³-hybridized carbons (Fsp3) is 0. The lowest BCUT2D eigenvalue weighted by Gasteiger charge is -2.11. The fourth-order valence-electron chi connectivity index (χ4n) is 1.90. The van der Waals surface area contributed by atoms with Crippen molar-refractivity contribution in [2.24, 2.45) is 0 Å². The number of benzene rings is 2. The lowest BCUT2D eigenvalue weighted by atomic mass is 10.3. The van der Waals surface area contributed by atoms with Gasteiger partial charge in [0, 0.05) is 26.7 Å². The van der Waals surface area contributed by atoms with E-state index in [0.717, 1.165) is 25.9 Å². The second-order valence-electron chi connectivity index (χ2n) is 4.21. The minimum Gasteiger partial charge on any atom is -0.324 e. The highest BCUT2D eigenvalue weighted by Gasteiger charge is 2.07. The molecule has 0 aliphatic carbocycles. The number of aromatic nitrogens is 2. The maximum Gasteiger partial charge on any atom is 0.212 e. The maximum atomic E-state index is 5.97. The molecule has 0 atom stereocenters. The highest BCUT2D eigenvalue weighted by molar-refractivity contribution is 14.1. The monoisotopic (exact) mass is 395 g/mol. The van der Waals surface area contributed by atoms with Gasteiger partial charge in [0.1, 0.15) is 0 Å². The van der Waals surface area contributed by atoms with E-state index in [4.69, 9.17) is 11.6 Å². The second-order valence-corrected chi connectivity index (χ2v) is 5.80. The quantitative estimate of drug-likeness (QED) is 0.641. The van der Waals surface area contributed by atoms with E-state index in [9.17, 15) is 0 Å². The van der Waals surface area contributed by atoms with E-state index < -0.39 is 0 Å². The van der Waals surface area contributed by atoms with Crippen LogP contribution in [0.5, 0.6) is 0 Å². The van der Waals surface area contributed by atoms with Crippen molar-refractivity contribution in [3.63, 3.8) is 0 Å². The van der Waals surface area contributed by atoms with E-state index >= 15 is 0 Å². The van der Waals surface area contributed by atoms with Crippen LogP contribution in [0.25, 0.3) is 5.69 Å². The zero-order chi connectivity index (χ0) is 13.9. The van der Waals surface area contributed by atoms with Crippen molar-refractivity contribution >= 4 is 45.8 Å². The van der Waals surface area contributed by atoms with Crippen LogP contribution in [0.4, 0.5) is 11.6 Å². The predicted octanol–water partition coefficient (Wildman–Crippen LogP) is 4.87. The lowest BCUT2D eigenvalue weighted by molar-refractivity contribution is 1.06. The van der Waals surface area contributed by atoms with Gasteiger partial charge in [-0.2, -0.15) is 0 Å². The maximum absolute atomic E-state index is 5.97. The van der Waals surface area contributed by atoms with Gasteiger partial charge < -0.3 is 5.32 Å². The smallest absolute Gasteiger partial charge is 0.212 e. The second kappa shape index (κ2) is 5.85. The molecule has 0 saturated heterocycles. The first-order valence-electron chi connectivity index (χ1n) is 6.05. The molecule has 0 aliphatic rings. The topological polar surface area (TPSA) is 29.9 Å². The summed E-state index contributed by atoms with van der Waals surface area (Å²) in [4.78, 5) is 4.37. The Kier molecular flexibility index (Phi) is 3.93. The van der Waals surface area contributed by atoms with Crippen molar-refractivity contribution in [2.75, 3.05) is 5.32 Å². The van der Waals surface area contributed by atoms with E-state index in [1.165, 1.54) is 0 Å². The van der Waals surface area contributed by atoms with Crippen LogP contribution >= 0.6 is 34.2 Å². The SMILES string of the molecule is Clc1ccc(Nc2nccn2-c2ccccc2)c(I)c1. The van der Waals surface area contributed by atoms with Crippen LogP contribution in [0.2, 0.25) is 5.02 Å². The Bertz CT molecular complexity index is 725. The Morgan fingerprint density at radius 2 is 1.90 bits per heavy atom. The number of hydrogen-bond acceptors (Lipinski definition) is 2. The summed E-state index contributed by atoms with van der Waals surface area (Å²) in [5.41, 5.74) is 2.05. The van der Waals surface area contributed by atoms with Gasteiger partial charge in [0.15, 0.2) is 0 Å². The normalized spacial score (nSPS) is 10.5. The number of nitrogens with zero attached hydrogens (tertiary/aromatic N) is 2. The Labute approximate surface area is 135 Å². The molecule has 0 bridgehead atoms. The molecule has 3 rings (SSSR count). The first-order valence-corrected chi connectivity index (χ1v) is 7.50. The molecule has 0 aliphatic heterocycles. The number of rotatable bonds is 3. The van der Waals surface area contributed by atoms with Gasteiger partial charge in [0.05, 0.1) is 5.69 Å². The average Bonchev–Trinajstić information content (AvgIpc) is 2.91. The minimum absolute atomic E-state index is 0.728. The van der Waals surface area contributed by atoms with Crippen LogP contribution in [0.15, 0.2) is 60.9 Å². The van der Waals surface area contributed by atoms with E-state index in [0.29, 0.717) is 0 Å². The minimum atomic E-state index is 0.728. The van der Waals surface area contributed by atoms with Gasteiger partial charge in [-0.05, 0) is 52.9 Å². The molecule has 0 saturated carbocycles. The third-order valence-electron chi connectivity index (χ3n) is 2.85. The molecule has 1 aromatic heterocycles. The molecule has 20 heavy (non-hydrogen) atoms. The molecular weight excluding hydrogens is 385 g/mol. The number of imidazole rings is 1. The zero-order valence-corrected chi connectivity index (χ0v) is 13.3. The van der Waals surface area contributed by atoms with Crippen LogP contribution in [0, 0.1) is 3.57 Å². The summed E-state index contributed by atoms with van der Waals surface area (Å²) in [6, 6.07) is 15.8. The summed E-state index contributed by atoms with van der Waals surface area (Å²) in [7, 11) is 0. The third-order valence-corrected chi connectivity index (χ3v) is 3.98. The van der Waals surface area contributed by atoms with Crippen LogP contribution in [0.1, 0.15) is 0 Å². The highest BCUT2D eigenvalue weighted by atomic mass is 127. The van der Waals surface area contributed by atoms with Crippen LogP contribution in [0.3, 0.4) is 0 Å². The number of halogens is 2. The largest absolute Gasteiger partial charge is 0.324 e. The molecule has 0 amide bonds. The van der Waals surface area contributed by atoms with Crippen LogP contribution in [-0.4, -0.2) is 9.55 Å². The van der Waals surface area contributed by atoms with Crippen molar-refractivity contribution in [1.82, 2.24) is 9.55 Å². The molecule has 2 aromatic carbocycles. The predicted molar refractivity (Wildman–Crippen MR) is 91.0 cm³/mol. The van der Waals surface area contributed by atoms with Crippen molar-refractivity contribution in [3.8, 4) is 5.69 Å². The summed E-state index contributed by atoms with van der Waals surface area (Å²) < 4.78 is 3.06. The van der Waals surface area contributed by atoms with E-state index in [2.05, 4.69) is 32.9 Å². The standard InChI is InChI=1S/C15H11ClIN3/c16-11-6-7-14(13(17)10-11)19-15-18-8-9-20(15)12-4-2-1-3-5-12/h1-10H,(H,18,19). The molecule has 3 nitrogen and oxygen atoms in total. The lowest BCUT2D eigenvalue weighted by Crippen LogP contribution is -2.02. The number of para-hydroxylation sites is 1. The van der Waals surface area contributed by atoms with Gasteiger partial charge in [-0.15, -0.1) is 0 Å². The van der Waals surface area contributed by atoms with Gasteiger partial charge in [-0.1, -0.05) is 29.8 Å². The van der Waals surface area contributed by atoms with Crippen molar-refractivity contribution < 1.29 is 0 Å².